The zero-order chi connectivity index (χ0) is 19.8. The van der Waals surface area contributed by atoms with Crippen LogP contribution in [0, 0.1) is 61.2 Å². The predicted octanol–water partition coefficient (Wildman–Crippen LogP) is 1.11. The molecule has 0 aliphatic rings. The van der Waals surface area contributed by atoms with Gasteiger partial charge in [0.05, 0.1) is 0 Å². The van der Waals surface area contributed by atoms with Crippen molar-refractivity contribution in [1.29, 1.82) is 0 Å². The van der Waals surface area contributed by atoms with Crippen LogP contribution in [0.25, 0.3) is 0 Å². The van der Waals surface area contributed by atoms with E-state index in [9.17, 15) is 14.4 Å². The van der Waals surface area contributed by atoms with Crippen LogP contribution in [0.1, 0.15) is 21.6 Å². The number of nitrogens with zero attached hydrogens (tertiary/aromatic N) is 1. The molecule has 0 saturated heterocycles. The van der Waals surface area contributed by atoms with Crippen LogP contribution >= 0.6 is 0 Å². The van der Waals surface area contributed by atoms with Crippen LogP contribution in [0.2, 0.25) is 0 Å². The van der Waals surface area contributed by atoms with Crippen LogP contribution in [-0.4, -0.2) is 51.4 Å². The Hall–Kier alpha value is -2.48. The second-order valence-corrected chi connectivity index (χ2v) is 5.04. The van der Waals surface area contributed by atoms with Crippen molar-refractivity contribution in [1.82, 2.24) is 4.98 Å². The molecule has 3 N–H and O–H groups in total. The maximum Gasteiger partial charge on any atom is 0.354 e. The summed E-state index contributed by atoms with van der Waals surface area (Å²) in [6.07, 6.45) is 1.31. The number of aromatic carboxylic acids is 1. The predicted molar refractivity (Wildman–Crippen MR) is 89.9 cm³/mol. The molecule has 145 valence electrons. The van der Waals surface area contributed by atoms with Gasteiger partial charge in [0.2, 0.25) is 0 Å². The van der Waals surface area contributed by atoms with Gasteiger partial charge in [0.1, 0.15) is 17.2 Å². The number of carboxylic acids is 3. The third-order valence-corrected chi connectivity index (χ3v) is 2.93. The van der Waals surface area contributed by atoms with Gasteiger partial charge in [-0.15, -0.1) is 0 Å². The Morgan fingerprint density at radius 3 is 1.89 bits per heavy atom. The largest absolute Gasteiger partial charge is 0.482 e. The van der Waals surface area contributed by atoms with Crippen LogP contribution in [0.3, 0.4) is 0 Å². The Kier molecular flexibility index (Phi) is 9.58. The van der Waals surface area contributed by atoms with Gasteiger partial charge >= 0.3 is 17.9 Å². The number of carbonyl (C=O) groups is 3. The Bertz CT molecular complexity index is 912. The monoisotopic (exact) mass is 524 g/mol. The molecule has 0 atom stereocenters. The van der Waals surface area contributed by atoms with Crippen molar-refractivity contribution in [3.8, 4) is 23.3 Å². The molecule has 10 heteroatoms. The van der Waals surface area contributed by atoms with Crippen LogP contribution < -0.4 is 9.47 Å². The van der Waals surface area contributed by atoms with Gasteiger partial charge in [-0.3, -0.25) is 0 Å². The normalized spacial score (nSPS) is 9.29. The van der Waals surface area contributed by atoms with Gasteiger partial charge in [-0.1, -0.05) is 11.8 Å². The number of aromatic nitrogens is 1. The summed E-state index contributed by atoms with van der Waals surface area (Å²) in [7, 11) is 0. The first-order valence-corrected chi connectivity index (χ1v) is 7.39. The second kappa shape index (κ2) is 11.4. The van der Waals surface area contributed by atoms with Crippen molar-refractivity contribution < 1.29 is 88.6 Å². The molecule has 1 aromatic heterocycles. The molecule has 0 aliphatic carbocycles. The molecular formula is C18H13EuNO8. The van der Waals surface area contributed by atoms with Gasteiger partial charge in [0, 0.05) is 72.8 Å². The fourth-order valence-electron chi connectivity index (χ4n) is 1.87. The molecule has 1 heterocycles. The van der Waals surface area contributed by atoms with E-state index in [1.54, 1.807) is 0 Å². The Balaban J connectivity index is 0.00000392. The summed E-state index contributed by atoms with van der Waals surface area (Å²) in [6.45, 7) is -1.19. The molecule has 0 bridgehead atoms. The average Bonchev–Trinajstić information content (AvgIpc) is 2.63. The molecule has 2 rings (SSSR count). The van der Waals surface area contributed by atoms with Gasteiger partial charge < -0.3 is 24.8 Å². The van der Waals surface area contributed by atoms with E-state index in [0.717, 1.165) is 0 Å². The SMILES string of the molecule is O=C(O)COc1cc(C#Cc2ccnc(C(=O)O)c2)cc(OCC(=O)O)c1.[Eu]. The van der Waals surface area contributed by atoms with Gasteiger partial charge in [0.15, 0.2) is 13.2 Å². The quantitative estimate of drug-likeness (QED) is 0.455. The van der Waals surface area contributed by atoms with Crippen molar-refractivity contribution in [2.24, 2.45) is 0 Å². The molecular weight excluding hydrogens is 510 g/mol. The van der Waals surface area contributed by atoms with E-state index in [1.165, 1.54) is 36.5 Å². The van der Waals surface area contributed by atoms with Crippen LogP contribution in [0.5, 0.6) is 11.5 Å². The molecule has 1 aromatic carbocycles. The molecule has 2 aromatic rings. The molecule has 9 nitrogen and oxygen atoms in total. The van der Waals surface area contributed by atoms with Crippen LogP contribution in [-0.2, 0) is 9.59 Å². The maximum absolute atomic E-state index is 10.9. The van der Waals surface area contributed by atoms with E-state index in [2.05, 4.69) is 16.8 Å². The number of aliphatic carboxylic acids is 2. The number of pyridine rings is 1. The molecule has 0 fully saturated rings. The minimum Gasteiger partial charge on any atom is -0.482 e. The standard InChI is InChI=1S/C18H13NO8.Eu/c20-16(21)9-26-13-5-12(6-14(8-13)27-10-17(22)23)2-1-11-3-4-19-15(7-11)18(24)25;/h3-8H,9-10H2,(H,20,21)(H,22,23)(H,24,25);. The van der Waals surface area contributed by atoms with Gasteiger partial charge in [0.25, 0.3) is 0 Å². The molecule has 0 unspecified atom stereocenters. The smallest absolute Gasteiger partial charge is 0.354 e. The van der Waals surface area contributed by atoms with Crippen molar-refractivity contribution in [3.63, 3.8) is 0 Å². The summed E-state index contributed by atoms with van der Waals surface area (Å²) in [5.41, 5.74) is 0.588. The summed E-state index contributed by atoms with van der Waals surface area (Å²) in [5.74, 6) is 2.21. The van der Waals surface area contributed by atoms with Gasteiger partial charge in [-0.05, 0) is 24.3 Å². The summed E-state index contributed by atoms with van der Waals surface area (Å²) >= 11 is 0. The molecule has 28 heavy (non-hydrogen) atoms. The minimum absolute atomic E-state index is 0. The average molecular weight is 523 g/mol. The summed E-state index contributed by atoms with van der Waals surface area (Å²) < 4.78 is 10.2. The molecule has 0 saturated carbocycles. The van der Waals surface area contributed by atoms with E-state index in [-0.39, 0.29) is 66.6 Å². The van der Waals surface area contributed by atoms with Gasteiger partial charge in [-0.2, -0.15) is 0 Å². The number of hydrogen-bond donors (Lipinski definition) is 3. The van der Waals surface area contributed by atoms with E-state index in [1.807, 2.05) is 0 Å². The first-order valence-electron chi connectivity index (χ1n) is 7.39. The number of carboxylic acid groups (broad SMARTS) is 3. The number of benzene rings is 1. The third-order valence-electron chi connectivity index (χ3n) is 2.93. The Morgan fingerprint density at radius 1 is 0.857 bits per heavy atom. The Morgan fingerprint density at radius 2 is 1.39 bits per heavy atom. The molecule has 1 radical (unpaired) electrons. The van der Waals surface area contributed by atoms with Crippen molar-refractivity contribution in [3.05, 3.63) is 53.3 Å². The number of rotatable bonds is 7. The molecule has 0 spiro atoms. The van der Waals surface area contributed by atoms with Crippen molar-refractivity contribution in [2.45, 2.75) is 0 Å². The summed E-state index contributed by atoms with van der Waals surface area (Å²) in [5, 5.41) is 26.3. The Labute approximate surface area is 199 Å². The summed E-state index contributed by atoms with van der Waals surface area (Å²) in [4.78, 5) is 35.9. The minimum atomic E-state index is -1.19. The first-order chi connectivity index (χ1) is 12.8. The zero-order valence-electron chi connectivity index (χ0n) is 14.1. The fraction of sp³-hybridized carbons (Fsp3) is 0.111. The van der Waals surface area contributed by atoms with Crippen LogP contribution in [0.4, 0.5) is 0 Å². The van der Waals surface area contributed by atoms with Crippen molar-refractivity contribution >= 4 is 17.9 Å². The molecule has 0 amide bonds. The summed E-state index contributed by atoms with van der Waals surface area (Å²) in [6, 6.07) is 7.05. The van der Waals surface area contributed by atoms with Crippen LogP contribution in [0.15, 0.2) is 36.5 Å². The molecule has 0 aliphatic heterocycles. The number of hydrogen-bond acceptors (Lipinski definition) is 6. The maximum atomic E-state index is 10.9. The fourth-order valence-corrected chi connectivity index (χ4v) is 1.87. The third kappa shape index (κ3) is 8.04. The zero-order valence-corrected chi connectivity index (χ0v) is 16.5. The van der Waals surface area contributed by atoms with E-state index in [0.29, 0.717) is 11.1 Å². The van der Waals surface area contributed by atoms with E-state index >= 15 is 0 Å². The van der Waals surface area contributed by atoms with Gasteiger partial charge in [-0.25, -0.2) is 19.4 Å². The first kappa shape index (κ1) is 23.6. The number of ether oxygens (including phenoxy) is 2. The van der Waals surface area contributed by atoms with E-state index in [4.69, 9.17) is 24.8 Å². The second-order valence-electron chi connectivity index (χ2n) is 5.04. The topological polar surface area (TPSA) is 143 Å². The van der Waals surface area contributed by atoms with Crippen molar-refractivity contribution in [2.75, 3.05) is 13.2 Å². The van der Waals surface area contributed by atoms with E-state index < -0.39 is 31.1 Å².